The molecule has 1 unspecified atom stereocenters. The van der Waals surface area contributed by atoms with Crippen LogP contribution in [0, 0.1) is 0 Å². The highest BCUT2D eigenvalue weighted by molar-refractivity contribution is 5.88. The molecule has 3 rings (SSSR count). The van der Waals surface area contributed by atoms with Gasteiger partial charge in [-0.3, -0.25) is 14.4 Å². The quantitative estimate of drug-likeness (QED) is 0.188. The first kappa shape index (κ1) is 29.4. The van der Waals surface area contributed by atoms with Crippen molar-refractivity contribution in [1.29, 1.82) is 0 Å². The molecular weight excluding hydrogens is 492 g/mol. The van der Waals surface area contributed by atoms with Crippen LogP contribution in [0.4, 0.5) is 5.82 Å². The lowest BCUT2D eigenvalue weighted by molar-refractivity contribution is -0.141. The van der Waals surface area contributed by atoms with E-state index >= 15 is 0 Å². The van der Waals surface area contributed by atoms with E-state index in [1.807, 2.05) is 79.7 Å². The van der Waals surface area contributed by atoms with Gasteiger partial charge in [0.1, 0.15) is 11.9 Å². The summed E-state index contributed by atoms with van der Waals surface area (Å²) in [6.45, 7) is 2.67. The number of rotatable bonds is 15. The minimum atomic E-state index is -0.683. The molecule has 0 radical (unpaired) electrons. The van der Waals surface area contributed by atoms with Gasteiger partial charge in [0.25, 0.3) is 0 Å². The predicted molar refractivity (Wildman–Crippen MR) is 153 cm³/mol. The molecule has 2 aromatic carbocycles. The zero-order chi connectivity index (χ0) is 27.9. The Bertz CT molecular complexity index is 1170. The van der Waals surface area contributed by atoms with Crippen LogP contribution in [0.1, 0.15) is 57.1 Å². The number of benzene rings is 2. The number of amides is 2. The Morgan fingerprint density at radius 3 is 2.26 bits per heavy atom. The van der Waals surface area contributed by atoms with Gasteiger partial charge in [-0.05, 0) is 48.1 Å². The fraction of sp³-hybridized carbons (Fsp3) is 0.355. The van der Waals surface area contributed by atoms with E-state index in [1.165, 1.54) is 7.11 Å². The van der Waals surface area contributed by atoms with Crippen LogP contribution >= 0.6 is 0 Å². The van der Waals surface area contributed by atoms with E-state index in [0.717, 1.165) is 35.3 Å². The van der Waals surface area contributed by atoms with Crippen LogP contribution in [-0.4, -0.2) is 42.5 Å². The molecule has 0 spiro atoms. The molecule has 8 heteroatoms. The van der Waals surface area contributed by atoms with Crippen molar-refractivity contribution in [2.45, 2.75) is 57.5 Å². The number of nitrogens with one attached hydrogen (secondary N) is 3. The number of methoxy groups -OCH3 is 1. The molecular formula is C31H38N4O4. The number of hydrogen-bond acceptors (Lipinski definition) is 6. The number of carbonyl (C=O) groups is 3. The van der Waals surface area contributed by atoms with E-state index in [-0.39, 0.29) is 18.2 Å². The summed E-state index contributed by atoms with van der Waals surface area (Å²) in [7, 11) is 1.33. The lowest BCUT2D eigenvalue weighted by atomic mass is 9.98. The summed E-state index contributed by atoms with van der Waals surface area (Å²) in [5.41, 5.74) is 2.90. The van der Waals surface area contributed by atoms with Gasteiger partial charge in [0.05, 0.1) is 19.6 Å². The molecule has 0 aliphatic carbocycles. The largest absolute Gasteiger partial charge is 0.469 e. The van der Waals surface area contributed by atoms with E-state index in [1.54, 1.807) is 6.20 Å². The summed E-state index contributed by atoms with van der Waals surface area (Å²) >= 11 is 0. The Kier molecular flexibility index (Phi) is 12.0. The second-order valence-corrected chi connectivity index (χ2v) is 9.34. The topological polar surface area (TPSA) is 109 Å². The number of nitrogens with zero attached hydrogens (tertiary/aromatic N) is 1. The van der Waals surface area contributed by atoms with Crippen LogP contribution in [0.5, 0.6) is 0 Å². The molecule has 0 saturated heterocycles. The van der Waals surface area contributed by atoms with Crippen molar-refractivity contribution in [2.75, 3.05) is 19.0 Å². The summed E-state index contributed by atoms with van der Waals surface area (Å²) in [6, 6.07) is 22.1. The SMILES string of the molecule is CCC[C@@H](NC(=O)CCCCNc1ccccn1)C(=O)NC(CC(=O)OC)c1ccc(-c2ccccc2)cc1. The normalized spacial score (nSPS) is 12.2. The lowest BCUT2D eigenvalue weighted by Gasteiger charge is -2.23. The molecule has 39 heavy (non-hydrogen) atoms. The van der Waals surface area contributed by atoms with E-state index < -0.39 is 18.1 Å². The fourth-order valence-corrected chi connectivity index (χ4v) is 4.23. The van der Waals surface area contributed by atoms with Gasteiger partial charge in [-0.15, -0.1) is 0 Å². The first-order chi connectivity index (χ1) is 19.0. The van der Waals surface area contributed by atoms with Crippen molar-refractivity contribution in [1.82, 2.24) is 15.6 Å². The molecule has 206 valence electrons. The Balaban J connectivity index is 1.57. The molecule has 0 aliphatic heterocycles. The minimum absolute atomic E-state index is 0.0109. The van der Waals surface area contributed by atoms with Crippen molar-refractivity contribution in [3.8, 4) is 11.1 Å². The number of esters is 1. The van der Waals surface area contributed by atoms with E-state index in [0.29, 0.717) is 25.8 Å². The van der Waals surface area contributed by atoms with Crippen molar-refractivity contribution in [2.24, 2.45) is 0 Å². The maximum absolute atomic E-state index is 13.2. The smallest absolute Gasteiger partial charge is 0.307 e. The van der Waals surface area contributed by atoms with Crippen molar-refractivity contribution >= 4 is 23.6 Å². The van der Waals surface area contributed by atoms with Crippen molar-refractivity contribution in [3.63, 3.8) is 0 Å². The Morgan fingerprint density at radius 2 is 1.59 bits per heavy atom. The first-order valence-electron chi connectivity index (χ1n) is 13.5. The molecule has 3 aromatic rings. The van der Waals surface area contributed by atoms with Crippen molar-refractivity contribution < 1.29 is 19.1 Å². The highest BCUT2D eigenvalue weighted by Gasteiger charge is 2.25. The van der Waals surface area contributed by atoms with E-state index in [4.69, 9.17) is 4.74 Å². The van der Waals surface area contributed by atoms with Gasteiger partial charge in [-0.25, -0.2) is 4.98 Å². The van der Waals surface area contributed by atoms with E-state index in [9.17, 15) is 14.4 Å². The monoisotopic (exact) mass is 530 g/mol. The number of carbonyl (C=O) groups excluding carboxylic acids is 3. The highest BCUT2D eigenvalue weighted by Crippen LogP contribution is 2.24. The molecule has 0 fully saturated rings. The van der Waals surface area contributed by atoms with Gasteiger partial charge >= 0.3 is 5.97 Å². The number of aromatic nitrogens is 1. The molecule has 0 bridgehead atoms. The van der Waals surface area contributed by atoms with Crippen LogP contribution in [-0.2, 0) is 19.1 Å². The summed E-state index contributed by atoms with van der Waals surface area (Å²) in [4.78, 5) is 42.2. The van der Waals surface area contributed by atoms with Gasteiger partial charge in [-0.1, -0.05) is 74.0 Å². The number of anilines is 1. The van der Waals surface area contributed by atoms with Crippen LogP contribution in [0.25, 0.3) is 11.1 Å². The second kappa shape index (κ2) is 15.9. The van der Waals surface area contributed by atoms with Crippen LogP contribution in [0.3, 0.4) is 0 Å². The third-order valence-electron chi connectivity index (χ3n) is 6.37. The molecule has 0 saturated carbocycles. The highest BCUT2D eigenvalue weighted by atomic mass is 16.5. The van der Waals surface area contributed by atoms with Gasteiger partial charge < -0.3 is 20.7 Å². The number of hydrogen-bond donors (Lipinski definition) is 3. The van der Waals surface area contributed by atoms with Gasteiger partial charge in [-0.2, -0.15) is 0 Å². The Morgan fingerprint density at radius 1 is 0.872 bits per heavy atom. The molecule has 1 aromatic heterocycles. The summed E-state index contributed by atoms with van der Waals surface area (Å²) in [6.07, 6.45) is 4.74. The summed E-state index contributed by atoms with van der Waals surface area (Å²) in [5.74, 6) is -0.109. The van der Waals surface area contributed by atoms with Crippen LogP contribution in [0.15, 0.2) is 79.0 Å². The van der Waals surface area contributed by atoms with Gasteiger partial charge in [0, 0.05) is 19.2 Å². The molecule has 0 aliphatic rings. The van der Waals surface area contributed by atoms with Gasteiger partial charge in [0.2, 0.25) is 11.8 Å². The minimum Gasteiger partial charge on any atom is -0.469 e. The molecule has 3 N–H and O–H groups in total. The lowest BCUT2D eigenvalue weighted by Crippen LogP contribution is -2.47. The molecule has 8 nitrogen and oxygen atoms in total. The predicted octanol–water partition coefficient (Wildman–Crippen LogP) is 5.04. The standard InChI is InChI=1S/C31H38N4O4/c1-3-11-26(34-29(36)15-8-10-21-33-28-14-7-9-20-32-28)31(38)35-27(22-30(37)39-2)25-18-16-24(17-19-25)23-12-5-4-6-13-23/h4-7,9,12-14,16-20,26-27H,3,8,10-11,15,21-22H2,1-2H3,(H,32,33)(H,34,36)(H,35,38)/t26-,27?/m1/s1. The third kappa shape index (κ3) is 9.89. The molecule has 2 amide bonds. The number of ether oxygens (including phenoxy) is 1. The Labute approximate surface area is 230 Å². The van der Waals surface area contributed by atoms with Gasteiger partial charge in [0.15, 0.2) is 0 Å². The zero-order valence-corrected chi connectivity index (χ0v) is 22.7. The number of pyridine rings is 1. The summed E-state index contributed by atoms with van der Waals surface area (Å²) in [5, 5.41) is 9.08. The van der Waals surface area contributed by atoms with E-state index in [2.05, 4.69) is 20.9 Å². The third-order valence-corrected chi connectivity index (χ3v) is 6.37. The van der Waals surface area contributed by atoms with Crippen LogP contribution < -0.4 is 16.0 Å². The molecule has 2 atom stereocenters. The number of unbranched alkanes of at least 4 members (excludes halogenated alkanes) is 1. The molecule has 1 heterocycles. The zero-order valence-electron chi connectivity index (χ0n) is 22.7. The second-order valence-electron chi connectivity index (χ2n) is 9.34. The summed E-state index contributed by atoms with van der Waals surface area (Å²) < 4.78 is 4.87. The average molecular weight is 531 g/mol. The Hall–Kier alpha value is -4.20. The van der Waals surface area contributed by atoms with Crippen LogP contribution in [0.2, 0.25) is 0 Å². The fourth-order valence-electron chi connectivity index (χ4n) is 4.23. The van der Waals surface area contributed by atoms with Crippen molar-refractivity contribution in [3.05, 3.63) is 84.6 Å². The first-order valence-corrected chi connectivity index (χ1v) is 13.5. The maximum Gasteiger partial charge on any atom is 0.307 e. The average Bonchev–Trinajstić information content (AvgIpc) is 2.97. The maximum atomic E-state index is 13.2.